The van der Waals surface area contributed by atoms with Crippen LogP contribution in [0.5, 0.6) is 5.75 Å². The van der Waals surface area contributed by atoms with E-state index in [0.29, 0.717) is 51.5 Å². The van der Waals surface area contributed by atoms with Crippen LogP contribution in [-0.2, 0) is 20.9 Å². The Bertz CT molecular complexity index is 1030. The van der Waals surface area contributed by atoms with E-state index in [1.165, 1.54) is 19.3 Å². The van der Waals surface area contributed by atoms with Crippen molar-refractivity contribution in [3.05, 3.63) is 29.8 Å². The standard InChI is InChI=1S/C37H61N3O6/c1-3-5-7-9-16-24-39(23-15-8-6-4-2)37(44)46-34(27-30-17-11-10-12-18-30)36(43)38-32(29-41)21-22-35(42)40-25-26-45-33-20-14-13-19-31(33)28-40/h13-14,19-20,30,32,34,41H,3-12,15-18,21-29H2,1-2H3,(H,38,43)/t32-,34-/m0/s1. The zero-order valence-corrected chi connectivity index (χ0v) is 28.7. The summed E-state index contributed by atoms with van der Waals surface area (Å²) < 4.78 is 11.8. The second-order valence-corrected chi connectivity index (χ2v) is 13.3. The van der Waals surface area contributed by atoms with Crippen molar-refractivity contribution < 1.29 is 29.0 Å². The molecule has 1 fully saturated rings. The van der Waals surface area contributed by atoms with Crippen LogP contribution in [-0.4, -0.2) is 77.8 Å². The maximum absolute atomic E-state index is 13.7. The number of aliphatic hydroxyl groups excluding tert-OH is 1. The van der Waals surface area contributed by atoms with Crippen molar-refractivity contribution in [3.8, 4) is 5.75 Å². The molecular formula is C37H61N3O6. The van der Waals surface area contributed by atoms with Crippen LogP contribution in [0.2, 0.25) is 0 Å². The number of hydrogen-bond donors (Lipinski definition) is 2. The summed E-state index contributed by atoms with van der Waals surface area (Å²) in [5, 5.41) is 13.1. The highest BCUT2D eigenvalue weighted by atomic mass is 16.6. The van der Waals surface area contributed by atoms with Crippen molar-refractivity contribution in [1.29, 1.82) is 0 Å². The number of ether oxygens (including phenoxy) is 2. The highest BCUT2D eigenvalue weighted by Gasteiger charge is 2.31. The largest absolute Gasteiger partial charge is 0.491 e. The minimum Gasteiger partial charge on any atom is -0.491 e. The van der Waals surface area contributed by atoms with Crippen LogP contribution >= 0.6 is 0 Å². The summed E-state index contributed by atoms with van der Waals surface area (Å²) in [6.07, 6.45) is 14.9. The number of aliphatic hydroxyl groups is 1. The molecule has 0 saturated heterocycles. The molecule has 0 aromatic heterocycles. The third-order valence-corrected chi connectivity index (χ3v) is 9.46. The van der Waals surface area contributed by atoms with E-state index in [1.54, 1.807) is 9.80 Å². The van der Waals surface area contributed by atoms with Gasteiger partial charge in [-0.1, -0.05) is 109 Å². The molecule has 9 heteroatoms. The molecule has 1 aliphatic carbocycles. The minimum atomic E-state index is -0.919. The van der Waals surface area contributed by atoms with Gasteiger partial charge in [-0.2, -0.15) is 0 Å². The Morgan fingerprint density at radius 3 is 2.35 bits per heavy atom. The van der Waals surface area contributed by atoms with Crippen LogP contribution in [0.4, 0.5) is 4.79 Å². The van der Waals surface area contributed by atoms with Gasteiger partial charge in [0, 0.05) is 31.6 Å². The molecule has 46 heavy (non-hydrogen) atoms. The molecule has 2 aliphatic rings. The van der Waals surface area contributed by atoms with Crippen LogP contribution in [0.15, 0.2) is 24.3 Å². The molecule has 2 atom stereocenters. The van der Waals surface area contributed by atoms with E-state index in [2.05, 4.69) is 19.2 Å². The smallest absolute Gasteiger partial charge is 0.410 e. The van der Waals surface area contributed by atoms with E-state index in [0.717, 1.165) is 81.9 Å². The molecule has 0 bridgehead atoms. The Kier molecular flexibility index (Phi) is 17.9. The number of fused-ring (bicyclic) bond motifs is 1. The lowest BCUT2D eigenvalue weighted by Crippen LogP contribution is -2.47. The lowest BCUT2D eigenvalue weighted by Gasteiger charge is -2.30. The zero-order chi connectivity index (χ0) is 33.0. The molecule has 3 rings (SSSR count). The van der Waals surface area contributed by atoms with Crippen LogP contribution < -0.4 is 10.1 Å². The lowest BCUT2D eigenvalue weighted by atomic mass is 9.85. The van der Waals surface area contributed by atoms with E-state index >= 15 is 0 Å². The molecule has 1 aliphatic heterocycles. The van der Waals surface area contributed by atoms with E-state index in [9.17, 15) is 19.5 Å². The van der Waals surface area contributed by atoms with Gasteiger partial charge in [0.25, 0.3) is 5.91 Å². The van der Waals surface area contributed by atoms with E-state index in [1.807, 2.05) is 24.3 Å². The van der Waals surface area contributed by atoms with Gasteiger partial charge in [0.2, 0.25) is 5.91 Å². The zero-order valence-electron chi connectivity index (χ0n) is 28.7. The predicted molar refractivity (Wildman–Crippen MR) is 182 cm³/mol. The van der Waals surface area contributed by atoms with E-state index in [-0.39, 0.29) is 24.8 Å². The second-order valence-electron chi connectivity index (χ2n) is 13.3. The van der Waals surface area contributed by atoms with Gasteiger partial charge in [0.05, 0.1) is 19.2 Å². The fourth-order valence-electron chi connectivity index (χ4n) is 6.56. The molecule has 1 aromatic rings. The summed E-state index contributed by atoms with van der Waals surface area (Å²) in [5.41, 5.74) is 0.966. The molecule has 3 amide bonds. The summed E-state index contributed by atoms with van der Waals surface area (Å²) in [6, 6.07) is 7.12. The summed E-state index contributed by atoms with van der Waals surface area (Å²) in [6.45, 7) is 6.72. The second kappa shape index (κ2) is 21.9. The topological polar surface area (TPSA) is 108 Å². The number of carbonyl (C=O) groups excluding carboxylic acids is 3. The molecule has 1 heterocycles. The highest BCUT2D eigenvalue weighted by molar-refractivity contribution is 5.84. The van der Waals surface area contributed by atoms with E-state index < -0.39 is 18.2 Å². The molecule has 260 valence electrons. The van der Waals surface area contributed by atoms with Crippen LogP contribution in [0.1, 0.15) is 129 Å². The van der Waals surface area contributed by atoms with Crippen LogP contribution in [0.3, 0.4) is 0 Å². The average molecular weight is 644 g/mol. The molecule has 0 spiro atoms. The number of nitrogens with zero attached hydrogens (tertiary/aromatic N) is 2. The van der Waals surface area contributed by atoms with Gasteiger partial charge in [0.15, 0.2) is 6.10 Å². The minimum absolute atomic E-state index is 0.0455. The van der Waals surface area contributed by atoms with Crippen molar-refractivity contribution in [2.75, 3.05) is 32.8 Å². The molecule has 1 saturated carbocycles. The SMILES string of the molecule is CCCCCCCN(CCCCCC)C(=O)O[C@@H](CC1CCCCC1)C(=O)N[C@H](CO)CCC(=O)N1CCOc2ccccc2C1. The van der Waals surface area contributed by atoms with Crippen molar-refractivity contribution >= 4 is 17.9 Å². The third kappa shape index (κ3) is 13.5. The molecule has 0 radical (unpaired) electrons. The van der Waals surface area contributed by atoms with Crippen LogP contribution in [0.25, 0.3) is 0 Å². The van der Waals surface area contributed by atoms with Gasteiger partial charge in [-0.3, -0.25) is 9.59 Å². The fourth-order valence-corrected chi connectivity index (χ4v) is 6.56. The number of carbonyl (C=O) groups is 3. The number of amides is 3. The summed E-state index contributed by atoms with van der Waals surface area (Å²) >= 11 is 0. The van der Waals surface area contributed by atoms with Gasteiger partial charge in [-0.05, 0) is 37.7 Å². The van der Waals surface area contributed by atoms with Gasteiger partial charge in [0.1, 0.15) is 12.4 Å². The third-order valence-electron chi connectivity index (χ3n) is 9.46. The number of unbranched alkanes of at least 4 members (excludes halogenated alkanes) is 7. The fraction of sp³-hybridized carbons (Fsp3) is 0.757. The first-order valence-corrected chi connectivity index (χ1v) is 18.3. The monoisotopic (exact) mass is 643 g/mol. The molecule has 1 aromatic carbocycles. The molecular weight excluding hydrogens is 582 g/mol. The average Bonchev–Trinajstić information content (AvgIpc) is 3.30. The van der Waals surface area contributed by atoms with Crippen molar-refractivity contribution in [3.63, 3.8) is 0 Å². The van der Waals surface area contributed by atoms with Crippen molar-refractivity contribution in [2.45, 2.75) is 142 Å². The molecule has 0 unspecified atom stereocenters. The summed E-state index contributed by atoms with van der Waals surface area (Å²) in [4.78, 5) is 44.0. The number of benzene rings is 1. The number of hydrogen-bond acceptors (Lipinski definition) is 6. The van der Waals surface area contributed by atoms with Crippen molar-refractivity contribution in [1.82, 2.24) is 15.1 Å². The predicted octanol–water partition coefficient (Wildman–Crippen LogP) is 6.99. The lowest BCUT2D eigenvalue weighted by molar-refractivity contribution is -0.134. The summed E-state index contributed by atoms with van der Waals surface area (Å²) in [5.74, 6) is 0.701. The van der Waals surface area contributed by atoms with Gasteiger partial charge in [-0.15, -0.1) is 0 Å². The van der Waals surface area contributed by atoms with E-state index in [4.69, 9.17) is 9.47 Å². The highest BCUT2D eigenvalue weighted by Crippen LogP contribution is 2.29. The summed E-state index contributed by atoms with van der Waals surface area (Å²) in [7, 11) is 0. The number of rotatable bonds is 20. The Morgan fingerprint density at radius 2 is 1.65 bits per heavy atom. The quantitative estimate of drug-likeness (QED) is 0.148. The Hall–Kier alpha value is -2.81. The van der Waals surface area contributed by atoms with Gasteiger partial charge in [-0.25, -0.2) is 4.79 Å². The van der Waals surface area contributed by atoms with Crippen molar-refractivity contribution in [2.24, 2.45) is 5.92 Å². The first-order chi connectivity index (χ1) is 22.4. The number of para-hydroxylation sites is 1. The van der Waals surface area contributed by atoms with Gasteiger partial charge >= 0.3 is 6.09 Å². The maximum atomic E-state index is 13.7. The maximum Gasteiger partial charge on any atom is 0.410 e. The van der Waals surface area contributed by atoms with Gasteiger partial charge < -0.3 is 29.7 Å². The Balaban J connectivity index is 1.60. The first-order valence-electron chi connectivity index (χ1n) is 18.3. The first kappa shape index (κ1) is 37.6. The molecule has 9 nitrogen and oxygen atoms in total. The Labute approximate surface area is 277 Å². The number of nitrogens with one attached hydrogen (secondary N) is 1. The molecule has 2 N–H and O–H groups in total. The Morgan fingerprint density at radius 1 is 0.978 bits per heavy atom. The normalized spacial score (nSPS) is 16.5. The van der Waals surface area contributed by atoms with Crippen LogP contribution in [0, 0.1) is 5.92 Å².